The normalized spacial score (nSPS) is 12.3. The summed E-state index contributed by atoms with van der Waals surface area (Å²) in [5, 5.41) is 15.2. The Bertz CT molecular complexity index is 1380. The van der Waals surface area contributed by atoms with Crippen LogP contribution in [0.4, 0.5) is 24.2 Å². The van der Waals surface area contributed by atoms with E-state index in [1.165, 1.54) is 48.5 Å². The van der Waals surface area contributed by atoms with Crippen molar-refractivity contribution in [1.82, 2.24) is 15.2 Å². The smallest absolute Gasteiger partial charge is 0.412 e. The molecule has 14 heteroatoms. The Kier molecular flexibility index (Phi) is 11.6. The first-order valence-electron chi connectivity index (χ1n) is 12.5. The number of urea groups is 1. The van der Waals surface area contributed by atoms with Gasteiger partial charge in [0.25, 0.3) is 0 Å². The van der Waals surface area contributed by atoms with E-state index >= 15 is 0 Å². The molecular weight excluding hydrogens is 564 g/mol. The molecule has 0 unspecified atom stereocenters. The molecule has 0 aliphatic heterocycles. The molecule has 0 aliphatic rings. The van der Waals surface area contributed by atoms with E-state index in [1.807, 2.05) is 0 Å². The summed E-state index contributed by atoms with van der Waals surface area (Å²) in [7, 11) is 1.47. The summed E-state index contributed by atoms with van der Waals surface area (Å²) in [5.74, 6) is -1.70. The first-order chi connectivity index (χ1) is 19.6. The van der Waals surface area contributed by atoms with Gasteiger partial charge < -0.3 is 30.5 Å². The molecule has 3 amide bonds. The van der Waals surface area contributed by atoms with Crippen molar-refractivity contribution in [3.8, 4) is 0 Å². The average Bonchev–Trinajstić information content (AvgIpc) is 2.96. The molecule has 0 fully saturated rings. The number of aromatic nitrogens is 1. The van der Waals surface area contributed by atoms with Crippen molar-refractivity contribution < 1.29 is 37.7 Å². The van der Waals surface area contributed by atoms with Crippen molar-refractivity contribution in [2.75, 3.05) is 32.2 Å². The van der Waals surface area contributed by atoms with Gasteiger partial charge in [0.1, 0.15) is 30.1 Å². The minimum Gasteiger partial charge on any atom is -0.464 e. The minimum atomic E-state index is -1.17. The fourth-order valence-electron chi connectivity index (χ4n) is 3.70. The van der Waals surface area contributed by atoms with Crippen molar-refractivity contribution in [3.63, 3.8) is 0 Å². The molecule has 220 valence electrons. The molecule has 3 rings (SSSR count). The van der Waals surface area contributed by atoms with Crippen molar-refractivity contribution >= 4 is 46.3 Å². The van der Waals surface area contributed by atoms with Gasteiger partial charge in [-0.3, -0.25) is 10.1 Å². The summed E-state index contributed by atoms with van der Waals surface area (Å²) in [6.07, 6.45) is 1.12. The van der Waals surface area contributed by atoms with Crippen molar-refractivity contribution in [1.29, 1.82) is 0 Å². The minimum absolute atomic E-state index is 0.0544. The Morgan fingerprint density at radius 3 is 2.68 bits per heavy atom. The highest BCUT2D eigenvalue weighted by Gasteiger charge is 2.23. The number of aliphatic hydroxyl groups excluding tert-OH is 1. The van der Waals surface area contributed by atoms with E-state index in [0.717, 1.165) is 0 Å². The van der Waals surface area contributed by atoms with Gasteiger partial charge in [-0.15, -0.1) is 0 Å². The Balaban J connectivity index is 1.61. The zero-order valence-electron chi connectivity index (χ0n) is 22.1. The molecule has 0 saturated carbocycles. The molecule has 0 spiro atoms. The number of nitrogens with two attached hydrogens (primary N) is 1. The monoisotopic (exact) mass is 593 g/mol. The maximum atomic E-state index is 13.7. The van der Waals surface area contributed by atoms with Gasteiger partial charge in [-0.1, -0.05) is 23.7 Å². The standard InChI is InChI=1S/C27H30ClF2N5O6/c1-35(26(38)33-13-17-4-2-6-21(30)24(17)28)20(5-3-9-40-25(37)22(31)14-36)15-41-27(39)34-23-11-18-10-19(29)8-7-16(18)12-32-23/h2,4,6-8,10-12,20,22,36H,3,5,9,13-15,31H2,1H3,(H,33,38)(H,32,34,39)/t20-,22-/m0/s1. The predicted octanol–water partition coefficient (Wildman–Crippen LogP) is 3.57. The molecule has 2 atom stereocenters. The van der Waals surface area contributed by atoms with Crippen LogP contribution in [0.5, 0.6) is 0 Å². The van der Waals surface area contributed by atoms with Crippen LogP contribution in [0.3, 0.4) is 0 Å². The number of pyridine rings is 1. The van der Waals surface area contributed by atoms with Crippen LogP contribution in [0.25, 0.3) is 10.8 Å². The highest BCUT2D eigenvalue weighted by molar-refractivity contribution is 6.31. The number of aliphatic hydroxyl groups is 1. The molecule has 0 bridgehead atoms. The second-order valence-electron chi connectivity index (χ2n) is 9.02. The number of hydrogen-bond acceptors (Lipinski definition) is 8. The number of fused-ring (bicyclic) bond motifs is 1. The first-order valence-corrected chi connectivity index (χ1v) is 12.9. The maximum absolute atomic E-state index is 13.7. The molecule has 0 saturated heterocycles. The Hall–Kier alpha value is -4.07. The Morgan fingerprint density at radius 1 is 1.15 bits per heavy atom. The van der Waals surface area contributed by atoms with Gasteiger partial charge in [-0.25, -0.2) is 23.4 Å². The van der Waals surface area contributed by atoms with Crippen molar-refractivity contribution in [2.24, 2.45) is 5.73 Å². The van der Waals surface area contributed by atoms with Gasteiger partial charge in [0, 0.05) is 25.2 Å². The molecule has 11 nitrogen and oxygen atoms in total. The van der Waals surface area contributed by atoms with Crippen LogP contribution < -0.4 is 16.4 Å². The van der Waals surface area contributed by atoms with Crippen LogP contribution in [-0.4, -0.2) is 72.0 Å². The molecule has 1 heterocycles. The van der Waals surface area contributed by atoms with Crippen molar-refractivity contribution in [2.45, 2.75) is 31.5 Å². The van der Waals surface area contributed by atoms with Gasteiger partial charge in [0.05, 0.1) is 24.3 Å². The SMILES string of the molecule is CN(C(=O)NCc1cccc(F)c1Cl)[C@@H](CCCOC(=O)[C@@H](N)CO)COC(=O)Nc1cc2cc(F)ccc2cn1. The van der Waals surface area contributed by atoms with Gasteiger partial charge in [0.2, 0.25) is 0 Å². The number of esters is 1. The number of nitrogens with one attached hydrogen (secondary N) is 2. The number of anilines is 1. The maximum Gasteiger partial charge on any atom is 0.412 e. The van der Waals surface area contributed by atoms with E-state index in [0.29, 0.717) is 16.3 Å². The lowest BCUT2D eigenvalue weighted by Crippen LogP contribution is -2.46. The largest absolute Gasteiger partial charge is 0.464 e. The summed E-state index contributed by atoms with van der Waals surface area (Å²) in [5.41, 5.74) is 5.79. The van der Waals surface area contributed by atoms with Crippen LogP contribution >= 0.6 is 11.6 Å². The molecule has 41 heavy (non-hydrogen) atoms. The third-order valence-electron chi connectivity index (χ3n) is 6.08. The molecule has 0 aliphatic carbocycles. The number of benzene rings is 2. The lowest BCUT2D eigenvalue weighted by Gasteiger charge is -2.28. The fourth-order valence-corrected chi connectivity index (χ4v) is 3.89. The predicted molar refractivity (Wildman–Crippen MR) is 147 cm³/mol. The number of rotatable bonds is 12. The van der Waals surface area contributed by atoms with E-state index in [1.54, 1.807) is 12.1 Å². The quantitative estimate of drug-likeness (QED) is 0.183. The number of halogens is 3. The Morgan fingerprint density at radius 2 is 1.93 bits per heavy atom. The van der Waals surface area contributed by atoms with Crippen LogP contribution in [-0.2, 0) is 20.8 Å². The molecule has 2 aromatic carbocycles. The summed E-state index contributed by atoms with van der Waals surface area (Å²) < 4.78 is 37.6. The average molecular weight is 594 g/mol. The molecule has 0 radical (unpaired) electrons. The summed E-state index contributed by atoms with van der Waals surface area (Å²) in [6, 6.07) is 7.47. The topological polar surface area (TPSA) is 156 Å². The lowest BCUT2D eigenvalue weighted by molar-refractivity contribution is -0.146. The second kappa shape index (κ2) is 15.1. The lowest BCUT2D eigenvalue weighted by atomic mass is 10.1. The summed E-state index contributed by atoms with van der Waals surface area (Å²) in [4.78, 5) is 42.5. The highest BCUT2D eigenvalue weighted by Crippen LogP contribution is 2.20. The first kappa shape index (κ1) is 31.5. The number of hydrogen-bond donors (Lipinski definition) is 4. The van der Waals surface area contributed by atoms with E-state index in [-0.39, 0.29) is 43.4 Å². The summed E-state index contributed by atoms with van der Waals surface area (Å²) >= 11 is 5.96. The molecule has 3 aromatic rings. The van der Waals surface area contributed by atoms with Gasteiger partial charge in [-0.2, -0.15) is 0 Å². The van der Waals surface area contributed by atoms with Crippen LogP contribution in [0.1, 0.15) is 18.4 Å². The fraction of sp³-hybridized carbons (Fsp3) is 0.333. The van der Waals surface area contributed by atoms with Gasteiger partial charge >= 0.3 is 18.1 Å². The van der Waals surface area contributed by atoms with Crippen molar-refractivity contribution in [3.05, 3.63) is 70.9 Å². The molecular formula is C27H30ClF2N5O6. The van der Waals surface area contributed by atoms with E-state index in [2.05, 4.69) is 15.6 Å². The van der Waals surface area contributed by atoms with E-state index in [4.69, 9.17) is 31.9 Å². The second-order valence-corrected chi connectivity index (χ2v) is 9.40. The van der Waals surface area contributed by atoms with Gasteiger partial charge in [-0.05, 0) is 54.1 Å². The van der Waals surface area contributed by atoms with Crippen LogP contribution in [0, 0.1) is 11.6 Å². The zero-order chi connectivity index (χ0) is 29.9. The number of nitrogens with zero attached hydrogens (tertiary/aromatic N) is 2. The number of carbonyl (C=O) groups is 3. The summed E-state index contributed by atoms with van der Waals surface area (Å²) in [6.45, 7) is -0.924. The highest BCUT2D eigenvalue weighted by atomic mass is 35.5. The van der Waals surface area contributed by atoms with Crippen LogP contribution in [0.2, 0.25) is 5.02 Å². The van der Waals surface area contributed by atoms with E-state index < -0.39 is 48.4 Å². The third kappa shape index (κ3) is 9.23. The molecule has 5 N–H and O–H groups in total. The Labute approximate surface area is 239 Å². The zero-order valence-corrected chi connectivity index (χ0v) is 22.9. The third-order valence-corrected chi connectivity index (χ3v) is 6.50. The number of carbonyl (C=O) groups excluding carboxylic acids is 3. The van der Waals surface area contributed by atoms with E-state index in [9.17, 15) is 23.2 Å². The number of ether oxygens (including phenoxy) is 2. The number of amides is 3. The molecule has 1 aromatic heterocycles. The van der Waals surface area contributed by atoms with Gasteiger partial charge in [0.15, 0.2) is 0 Å². The van der Waals surface area contributed by atoms with Crippen LogP contribution in [0.15, 0.2) is 48.7 Å². The number of likely N-dealkylation sites (N-methyl/N-ethyl adjacent to an activating group) is 1.